The van der Waals surface area contributed by atoms with Crippen LogP contribution in [0.2, 0.25) is 0 Å². The van der Waals surface area contributed by atoms with E-state index < -0.39 is 9.75 Å². The number of alkyl halides is 2. The molecule has 0 aromatic rings. The van der Waals surface area contributed by atoms with Crippen molar-refractivity contribution in [2.45, 2.75) is 44.1 Å². The molecule has 0 aromatic heterocycles. The van der Waals surface area contributed by atoms with E-state index >= 15 is 0 Å². The van der Waals surface area contributed by atoms with E-state index in [2.05, 4.69) is 6.92 Å². The Balaban J connectivity index is 2.14. The zero-order valence-corrected chi connectivity index (χ0v) is 11.4. The first kappa shape index (κ1) is 12.7. The van der Waals surface area contributed by atoms with Gasteiger partial charge in [-0.25, -0.2) is 0 Å². The Labute approximate surface area is 107 Å². The summed E-state index contributed by atoms with van der Waals surface area (Å²) in [5.41, 5.74) is -0.394. The minimum Gasteiger partial charge on any atom is -0.377 e. The maximum Gasteiger partial charge on any atom is 0.182 e. The van der Waals surface area contributed by atoms with Gasteiger partial charge >= 0.3 is 0 Å². The molecule has 3 atom stereocenters. The van der Waals surface area contributed by atoms with E-state index in [9.17, 15) is 4.79 Å². The van der Waals surface area contributed by atoms with Crippen molar-refractivity contribution in [2.75, 3.05) is 6.61 Å². The molecule has 3 unspecified atom stereocenters. The Morgan fingerprint density at radius 1 is 1.38 bits per heavy atom. The zero-order chi connectivity index (χ0) is 12.1. The number of rotatable bonds is 1. The Hall–Kier alpha value is 0.210. The van der Waals surface area contributed by atoms with E-state index in [0.717, 1.165) is 19.4 Å². The molecule has 1 saturated heterocycles. The summed E-state index contributed by atoms with van der Waals surface area (Å²) >= 11 is 12.1. The van der Waals surface area contributed by atoms with Gasteiger partial charge in [-0.3, -0.25) is 4.79 Å². The van der Waals surface area contributed by atoms with Gasteiger partial charge in [-0.1, -0.05) is 44.0 Å². The molecule has 0 amide bonds. The Morgan fingerprint density at radius 2 is 2.00 bits per heavy atom. The fourth-order valence-electron chi connectivity index (χ4n) is 2.83. The predicted octanol–water partition coefficient (Wildman–Crippen LogP) is 3.20. The number of Topliss-reactive ketones (excluding diaryl/α,β-unsaturated/α-hetero) is 1. The molecule has 0 spiro atoms. The van der Waals surface area contributed by atoms with Gasteiger partial charge in [-0.05, 0) is 18.8 Å². The van der Waals surface area contributed by atoms with Crippen LogP contribution in [0.5, 0.6) is 0 Å². The van der Waals surface area contributed by atoms with Crippen molar-refractivity contribution in [3.8, 4) is 0 Å². The van der Waals surface area contributed by atoms with Crippen LogP contribution in [-0.2, 0) is 9.53 Å². The maximum atomic E-state index is 12.0. The second kappa shape index (κ2) is 3.86. The SMILES string of the molecule is CC1CCOC(C2C(=O)C(Cl)(Cl)C2(C)C)C1. The van der Waals surface area contributed by atoms with Gasteiger partial charge in [0.05, 0.1) is 12.0 Å². The minimum atomic E-state index is -1.23. The van der Waals surface area contributed by atoms with Gasteiger partial charge in [0.25, 0.3) is 0 Å². The van der Waals surface area contributed by atoms with Gasteiger partial charge in [0.1, 0.15) is 0 Å². The van der Waals surface area contributed by atoms with Gasteiger partial charge in [0.2, 0.25) is 0 Å². The maximum absolute atomic E-state index is 12.0. The van der Waals surface area contributed by atoms with Gasteiger partial charge in [-0.2, -0.15) is 0 Å². The van der Waals surface area contributed by atoms with Crippen molar-refractivity contribution in [1.29, 1.82) is 0 Å². The lowest BCUT2D eigenvalue weighted by atomic mass is 9.57. The Bertz CT molecular complexity index is 312. The van der Waals surface area contributed by atoms with E-state index in [0.29, 0.717) is 5.92 Å². The van der Waals surface area contributed by atoms with E-state index in [-0.39, 0.29) is 17.8 Å². The van der Waals surface area contributed by atoms with Gasteiger partial charge in [0, 0.05) is 12.0 Å². The summed E-state index contributed by atoms with van der Waals surface area (Å²) < 4.78 is 4.48. The standard InChI is InChI=1S/C12H18Cl2O2/c1-7-4-5-16-8(6-7)9-10(15)12(13,14)11(9,2)3/h7-9H,4-6H2,1-3H3. The molecule has 0 bridgehead atoms. The first-order valence-electron chi connectivity index (χ1n) is 5.82. The molecule has 0 aromatic carbocycles. The Morgan fingerprint density at radius 3 is 2.50 bits per heavy atom. The van der Waals surface area contributed by atoms with Crippen molar-refractivity contribution in [1.82, 2.24) is 0 Å². The first-order chi connectivity index (χ1) is 7.28. The number of carbonyl (C=O) groups is 1. The monoisotopic (exact) mass is 264 g/mol. The van der Waals surface area contributed by atoms with Gasteiger partial charge < -0.3 is 4.74 Å². The third-order valence-corrected chi connectivity index (χ3v) is 5.47. The van der Waals surface area contributed by atoms with Crippen LogP contribution < -0.4 is 0 Å². The van der Waals surface area contributed by atoms with Gasteiger partial charge in [0.15, 0.2) is 10.1 Å². The van der Waals surface area contributed by atoms with Crippen LogP contribution in [0.25, 0.3) is 0 Å². The third-order valence-electron chi connectivity index (χ3n) is 4.13. The second-order valence-electron chi connectivity index (χ2n) is 5.68. The summed E-state index contributed by atoms with van der Waals surface area (Å²) in [6.07, 6.45) is 2.01. The van der Waals surface area contributed by atoms with Crippen LogP contribution in [0.15, 0.2) is 0 Å². The number of ether oxygens (including phenoxy) is 1. The highest BCUT2D eigenvalue weighted by Gasteiger charge is 2.68. The molecule has 2 rings (SSSR count). The highest BCUT2D eigenvalue weighted by Crippen LogP contribution is 2.60. The molecule has 2 nitrogen and oxygen atoms in total. The van der Waals surface area contributed by atoms with E-state index in [1.54, 1.807) is 0 Å². The molecule has 2 aliphatic rings. The highest BCUT2D eigenvalue weighted by molar-refractivity contribution is 6.61. The van der Waals surface area contributed by atoms with E-state index in [4.69, 9.17) is 27.9 Å². The lowest BCUT2D eigenvalue weighted by Gasteiger charge is -2.55. The molecular weight excluding hydrogens is 247 g/mol. The minimum absolute atomic E-state index is 0.00289. The highest BCUT2D eigenvalue weighted by atomic mass is 35.5. The molecule has 2 fully saturated rings. The average Bonchev–Trinajstić information content (AvgIpc) is 2.17. The lowest BCUT2D eigenvalue weighted by molar-refractivity contribution is -0.161. The smallest absolute Gasteiger partial charge is 0.182 e. The van der Waals surface area contributed by atoms with Crippen LogP contribution in [0.4, 0.5) is 0 Å². The van der Waals surface area contributed by atoms with Crippen LogP contribution in [0, 0.1) is 17.3 Å². The van der Waals surface area contributed by atoms with Crippen LogP contribution in [0.1, 0.15) is 33.6 Å². The zero-order valence-electron chi connectivity index (χ0n) is 9.93. The van der Waals surface area contributed by atoms with Crippen molar-refractivity contribution in [3.05, 3.63) is 0 Å². The molecule has 92 valence electrons. The van der Waals surface area contributed by atoms with E-state index in [1.807, 2.05) is 13.8 Å². The largest absolute Gasteiger partial charge is 0.377 e. The lowest BCUT2D eigenvalue weighted by Crippen LogP contribution is -2.67. The summed E-state index contributed by atoms with van der Waals surface area (Å²) in [6, 6.07) is 0. The number of ketones is 1. The molecule has 1 heterocycles. The molecule has 0 radical (unpaired) electrons. The Kier molecular flexibility index (Phi) is 3.05. The van der Waals surface area contributed by atoms with Crippen LogP contribution >= 0.6 is 23.2 Å². The molecule has 1 aliphatic heterocycles. The number of hydrogen-bond donors (Lipinski definition) is 0. The predicted molar refractivity (Wildman–Crippen MR) is 64.9 cm³/mol. The van der Waals surface area contributed by atoms with Crippen LogP contribution in [-0.4, -0.2) is 22.8 Å². The third kappa shape index (κ3) is 1.61. The van der Waals surface area contributed by atoms with Crippen molar-refractivity contribution < 1.29 is 9.53 Å². The fraction of sp³-hybridized carbons (Fsp3) is 0.917. The molecular formula is C12H18Cl2O2. The van der Waals surface area contributed by atoms with Crippen molar-refractivity contribution in [3.63, 3.8) is 0 Å². The average molecular weight is 265 g/mol. The summed E-state index contributed by atoms with van der Waals surface area (Å²) in [6.45, 7) is 6.83. The van der Waals surface area contributed by atoms with Gasteiger partial charge in [-0.15, -0.1) is 0 Å². The summed E-state index contributed by atoms with van der Waals surface area (Å²) in [4.78, 5) is 12.0. The summed E-state index contributed by atoms with van der Waals surface area (Å²) in [5, 5.41) is 0. The molecule has 16 heavy (non-hydrogen) atoms. The van der Waals surface area contributed by atoms with Crippen molar-refractivity contribution >= 4 is 29.0 Å². The molecule has 1 aliphatic carbocycles. The summed E-state index contributed by atoms with van der Waals surface area (Å²) in [7, 11) is 0. The van der Waals surface area contributed by atoms with Crippen molar-refractivity contribution in [2.24, 2.45) is 17.3 Å². The second-order valence-corrected chi connectivity index (χ2v) is 7.00. The van der Waals surface area contributed by atoms with E-state index in [1.165, 1.54) is 0 Å². The topological polar surface area (TPSA) is 26.3 Å². The van der Waals surface area contributed by atoms with Crippen LogP contribution in [0.3, 0.4) is 0 Å². The summed E-state index contributed by atoms with van der Waals surface area (Å²) in [5.74, 6) is 0.396. The number of halogens is 2. The normalized spacial score (nSPS) is 41.6. The quantitative estimate of drug-likeness (QED) is 0.680. The molecule has 0 N–H and O–H groups in total. The fourth-order valence-corrected chi connectivity index (χ4v) is 3.30. The number of hydrogen-bond acceptors (Lipinski definition) is 2. The molecule has 1 saturated carbocycles. The first-order valence-corrected chi connectivity index (χ1v) is 6.58. The number of carbonyl (C=O) groups excluding carboxylic acids is 1. The molecule has 4 heteroatoms.